The standard InChI is InChI=1S/C24H30N3S/c1-13-16(4)22(10-7-19(13)25)28(23-11-8-20(26)14(2)17(23)5)24-12-9-21(27)15(3)18(24)6/h7-12H,25-27H2,1-6H3/q+1. The number of hydrogen-bond donors (Lipinski definition) is 3. The van der Waals surface area contributed by atoms with Gasteiger partial charge in [0.25, 0.3) is 0 Å². The van der Waals surface area contributed by atoms with Crippen LogP contribution in [0.4, 0.5) is 17.1 Å². The van der Waals surface area contributed by atoms with Gasteiger partial charge < -0.3 is 17.2 Å². The summed E-state index contributed by atoms with van der Waals surface area (Å²) in [7, 11) is -0.272. The first-order valence-electron chi connectivity index (χ1n) is 9.46. The molecular weight excluding hydrogens is 362 g/mol. The molecule has 0 aliphatic carbocycles. The van der Waals surface area contributed by atoms with Crippen LogP contribution >= 0.6 is 0 Å². The summed E-state index contributed by atoms with van der Waals surface area (Å²) in [4.78, 5) is 3.89. The van der Waals surface area contributed by atoms with Gasteiger partial charge in [0.1, 0.15) is 10.9 Å². The van der Waals surface area contributed by atoms with Crippen molar-refractivity contribution in [2.75, 3.05) is 17.2 Å². The first-order valence-corrected chi connectivity index (χ1v) is 10.7. The Bertz CT molecular complexity index is 933. The van der Waals surface area contributed by atoms with Gasteiger partial charge in [-0.1, -0.05) is 0 Å². The molecule has 146 valence electrons. The van der Waals surface area contributed by atoms with Crippen molar-refractivity contribution in [3.8, 4) is 0 Å². The number of nitrogens with two attached hydrogens (primary N) is 3. The average molecular weight is 393 g/mol. The summed E-state index contributed by atoms with van der Waals surface area (Å²) in [5, 5.41) is 0. The predicted molar refractivity (Wildman–Crippen MR) is 123 cm³/mol. The third-order valence-electron chi connectivity index (χ3n) is 6.00. The van der Waals surface area contributed by atoms with Crippen LogP contribution in [0.15, 0.2) is 51.1 Å². The van der Waals surface area contributed by atoms with E-state index in [9.17, 15) is 0 Å². The van der Waals surface area contributed by atoms with Crippen molar-refractivity contribution in [3.05, 3.63) is 69.8 Å². The van der Waals surface area contributed by atoms with Gasteiger partial charge in [-0.2, -0.15) is 0 Å². The van der Waals surface area contributed by atoms with Crippen LogP contribution in [0.5, 0.6) is 0 Å². The normalized spacial score (nSPS) is 11.2. The van der Waals surface area contributed by atoms with Gasteiger partial charge >= 0.3 is 0 Å². The fraction of sp³-hybridized carbons (Fsp3) is 0.250. The summed E-state index contributed by atoms with van der Waals surface area (Å²) < 4.78 is 0. The fourth-order valence-electron chi connectivity index (χ4n) is 3.47. The van der Waals surface area contributed by atoms with Crippen LogP contribution in [0.2, 0.25) is 0 Å². The minimum Gasteiger partial charge on any atom is -0.399 e. The molecule has 0 radical (unpaired) electrons. The largest absolute Gasteiger partial charge is 0.399 e. The van der Waals surface area contributed by atoms with Crippen LogP contribution < -0.4 is 17.2 Å². The van der Waals surface area contributed by atoms with Crippen molar-refractivity contribution in [2.24, 2.45) is 0 Å². The Morgan fingerprint density at radius 3 is 0.929 bits per heavy atom. The van der Waals surface area contributed by atoms with E-state index in [0.717, 1.165) is 33.8 Å². The summed E-state index contributed by atoms with van der Waals surface area (Å²) in [6, 6.07) is 12.6. The maximum absolute atomic E-state index is 6.18. The molecule has 0 atom stereocenters. The molecule has 3 aromatic carbocycles. The monoisotopic (exact) mass is 392 g/mol. The zero-order valence-corrected chi connectivity index (χ0v) is 18.4. The van der Waals surface area contributed by atoms with Crippen LogP contribution in [-0.4, -0.2) is 0 Å². The van der Waals surface area contributed by atoms with Gasteiger partial charge in [0, 0.05) is 33.8 Å². The Hall–Kier alpha value is -2.59. The molecule has 3 aromatic rings. The summed E-state index contributed by atoms with van der Waals surface area (Å²) in [6.45, 7) is 12.8. The first kappa shape index (κ1) is 20.2. The highest BCUT2D eigenvalue weighted by molar-refractivity contribution is 7.97. The molecule has 0 saturated carbocycles. The zero-order valence-electron chi connectivity index (χ0n) is 17.6. The third-order valence-corrected chi connectivity index (χ3v) is 8.64. The zero-order chi connectivity index (χ0) is 20.7. The van der Waals surface area contributed by atoms with E-state index in [1.807, 2.05) is 18.2 Å². The van der Waals surface area contributed by atoms with Gasteiger partial charge in [-0.25, -0.2) is 0 Å². The Morgan fingerprint density at radius 2 is 0.679 bits per heavy atom. The van der Waals surface area contributed by atoms with Crippen molar-refractivity contribution in [1.82, 2.24) is 0 Å². The van der Waals surface area contributed by atoms with Gasteiger partial charge in [0.2, 0.25) is 0 Å². The number of anilines is 3. The second kappa shape index (κ2) is 7.44. The molecule has 0 aliphatic rings. The predicted octanol–water partition coefficient (Wildman–Crippen LogP) is 5.38. The van der Waals surface area contributed by atoms with Gasteiger partial charge in [0.15, 0.2) is 14.7 Å². The summed E-state index contributed by atoms with van der Waals surface area (Å²) in [5.41, 5.74) is 28.2. The molecule has 0 bridgehead atoms. The van der Waals surface area contributed by atoms with Crippen molar-refractivity contribution >= 4 is 28.0 Å². The highest BCUT2D eigenvalue weighted by Crippen LogP contribution is 2.40. The van der Waals surface area contributed by atoms with Crippen molar-refractivity contribution in [3.63, 3.8) is 0 Å². The Labute approximate surface area is 171 Å². The molecule has 0 fully saturated rings. The lowest BCUT2D eigenvalue weighted by molar-refractivity contribution is 1.15. The van der Waals surface area contributed by atoms with Crippen LogP contribution in [0.25, 0.3) is 0 Å². The van der Waals surface area contributed by atoms with E-state index >= 15 is 0 Å². The summed E-state index contributed by atoms with van der Waals surface area (Å²) >= 11 is 0. The molecular formula is C24H30N3S+. The third kappa shape index (κ3) is 3.22. The van der Waals surface area contributed by atoms with E-state index in [2.05, 4.69) is 59.7 Å². The molecule has 0 aromatic heterocycles. The van der Waals surface area contributed by atoms with Crippen molar-refractivity contribution < 1.29 is 0 Å². The quantitative estimate of drug-likeness (QED) is 0.414. The van der Waals surface area contributed by atoms with Crippen LogP contribution in [-0.2, 0) is 10.9 Å². The Balaban J connectivity index is 2.38. The molecule has 3 nitrogen and oxygen atoms in total. The number of rotatable bonds is 3. The van der Waals surface area contributed by atoms with Gasteiger partial charge in [0.05, 0.1) is 0 Å². The van der Waals surface area contributed by atoms with E-state index < -0.39 is 0 Å². The van der Waals surface area contributed by atoms with E-state index in [1.165, 1.54) is 31.4 Å². The minimum atomic E-state index is -0.272. The molecule has 3 rings (SSSR count). The SMILES string of the molecule is Cc1c(N)ccc([S+](c2ccc(N)c(C)c2C)c2ccc(N)c(C)c2C)c1C. The highest BCUT2D eigenvalue weighted by Gasteiger charge is 2.35. The lowest BCUT2D eigenvalue weighted by atomic mass is 10.1. The average Bonchev–Trinajstić information content (AvgIpc) is 2.67. The summed E-state index contributed by atoms with van der Waals surface area (Å²) in [6.07, 6.45) is 0. The van der Waals surface area contributed by atoms with Gasteiger partial charge in [-0.15, -0.1) is 0 Å². The van der Waals surface area contributed by atoms with E-state index in [0.29, 0.717) is 0 Å². The second-order valence-corrected chi connectivity index (χ2v) is 9.45. The molecule has 4 heteroatoms. The maximum atomic E-state index is 6.18. The summed E-state index contributed by atoms with van der Waals surface area (Å²) in [5.74, 6) is 0. The van der Waals surface area contributed by atoms with E-state index in [-0.39, 0.29) is 10.9 Å². The number of nitrogen functional groups attached to an aromatic ring is 3. The molecule has 28 heavy (non-hydrogen) atoms. The van der Waals surface area contributed by atoms with Gasteiger partial charge in [-0.3, -0.25) is 0 Å². The van der Waals surface area contributed by atoms with Crippen LogP contribution in [0, 0.1) is 41.5 Å². The molecule has 0 amide bonds. The fourth-order valence-corrected chi connectivity index (χ4v) is 6.17. The first-order chi connectivity index (χ1) is 13.1. The molecule has 0 unspecified atom stereocenters. The van der Waals surface area contributed by atoms with Gasteiger partial charge in [-0.05, 0) is 94.6 Å². The topological polar surface area (TPSA) is 78.1 Å². The van der Waals surface area contributed by atoms with Crippen LogP contribution in [0.3, 0.4) is 0 Å². The maximum Gasteiger partial charge on any atom is 0.169 e. The van der Waals surface area contributed by atoms with Crippen molar-refractivity contribution in [1.29, 1.82) is 0 Å². The lowest BCUT2D eigenvalue weighted by Gasteiger charge is -2.18. The Morgan fingerprint density at radius 1 is 0.429 bits per heavy atom. The Kier molecular flexibility index (Phi) is 5.35. The molecule has 0 saturated heterocycles. The van der Waals surface area contributed by atoms with Crippen LogP contribution in [0.1, 0.15) is 33.4 Å². The molecule has 0 aliphatic heterocycles. The molecule has 0 heterocycles. The van der Waals surface area contributed by atoms with E-state index in [4.69, 9.17) is 17.2 Å². The molecule has 0 spiro atoms. The second-order valence-electron chi connectivity index (χ2n) is 7.51. The molecule has 6 N–H and O–H groups in total. The number of benzene rings is 3. The smallest absolute Gasteiger partial charge is 0.169 e. The van der Waals surface area contributed by atoms with E-state index in [1.54, 1.807) is 0 Å². The minimum absolute atomic E-state index is 0.272. The lowest BCUT2D eigenvalue weighted by Crippen LogP contribution is -2.13. The van der Waals surface area contributed by atoms with Crippen molar-refractivity contribution in [2.45, 2.75) is 56.2 Å². The number of hydrogen-bond acceptors (Lipinski definition) is 3. The highest BCUT2D eigenvalue weighted by atomic mass is 32.2.